The third-order valence-corrected chi connectivity index (χ3v) is 5.29. The number of piperazine rings is 1. The van der Waals surface area contributed by atoms with Crippen molar-refractivity contribution in [2.45, 2.75) is 6.42 Å². The lowest BCUT2D eigenvalue weighted by atomic mass is 10.2. The lowest BCUT2D eigenvalue weighted by molar-refractivity contribution is -0.155. The van der Waals surface area contributed by atoms with E-state index in [1.165, 1.54) is 11.1 Å². The Balaban J connectivity index is 1.34. The van der Waals surface area contributed by atoms with Crippen LogP contribution < -0.4 is 15.2 Å². The average Bonchev–Trinajstić information content (AvgIpc) is 2.85. The molecule has 0 atom stereocenters. The largest absolute Gasteiger partial charge is 0.494 e. The first kappa shape index (κ1) is 24.5. The van der Waals surface area contributed by atoms with Gasteiger partial charge in [-0.3, -0.25) is 15.0 Å². The Morgan fingerprint density at radius 2 is 1.53 bits per heavy atom. The maximum atomic E-state index is 12.4. The lowest BCUT2D eigenvalue weighted by Gasteiger charge is -2.33. The van der Waals surface area contributed by atoms with E-state index in [0.29, 0.717) is 62.9 Å². The van der Waals surface area contributed by atoms with Crippen LogP contribution in [0.4, 0.5) is 0 Å². The van der Waals surface area contributed by atoms with Crippen LogP contribution in [0, 0.1) is 10.8 Å². The molecule has 0 radical (unpaired) electrons. The van der Waals surface area contributed by atoms with Crippen LogP contribution in [0.25, 0.3) is 0 Å². The summed E-state index contributed by atoms with van der Waals surface area (Å²) in [5, 5.41) is 14.6. The smallest absolute Gasteiger partial charge is 0.312 e. The fraction of sp³-hybridized carbons (Fsp3) is 0.280. The normalized spacial score (nSPS) is 13.9. The highest BCUT2D eigenvalue weighted by Gasteiger charge is 2.31. The molecule has 0 spiro atoms. The first-order valence-electron chi connectivity index (χ1n) is 11.0. The Morgan fingerprint density at radius 3 is 2.21 bits per heavy atom. The minimum Gasteiger partial charge on any atom is -0.494 e. The first-order chi connectivity index (χ1) is 16.5. The van der Waals surface area contributed by atoms with E-state index in [2.05, 4.69) is 0 Å². The molecule has 1 aliphatic rings. The molecule has 3 rings (SSSR count). The highest BCUT2D eigenvalue weighted by molar-refractivity contribution is 6.35. The predicted molar refractivity (Wildman–Crippen MR) is 130 cm³/mol. The second-order valence-corrected chi connectivity index (χ2v) is 7.68. The molecule has 0 aromatic heterocycles. The molecule has 178 valence electrons. The van der Waals surface area contributed by atoms with Crippen molar-refractivity contribution in [1.82, 2.24) is 9.80 Å². The van der Waals surface area contributed by atoms with E-state index in [1.807, 2.05) is 12.2 Å². The Kier molecular flexibility index (Phi) is 8.79. The van der Waals surface area contributed by atoms with Crippen LogP contribution in [-0.4, -0.2) is 73.1 Å². The van der Waals surface area contributed by atoms with E-state index >= 15 is 0 Å². The molecule has 2 aromatic rings. The number of rotatable bonds is 12. The Bertz CT molecular complexity index is 1030. The molecule has 1 saturated heterocycles. The van der Waals surface area contributed by atoms with Gasteiger partial charge in [0.2, 0.25) is 0 Å². The summed E-state index contributed by atoms with van der Waals surface area (Å²) >= 11 is 0. The molecule has 0 saturated carbocycles. The molecule has 4 N–H and O–H groups in total. The molecule has 9 nitrogen and oxygen atoms in total. The van der Waals surface area contributed by atoms with Crippen molar-refractivity contribution in [2.24, 2.45) is 5.73 Å². The topological polar surface area (TPSA) is 133 Å². The third-order valence-electron chi connectivity index (χ3n) is 5.29. The Hall–Kier alpha value is -4.14. The zero-order chi connectivity index (χ0) is 24.3. The quantitative estimate of drug-likeness (QED) is 0.146. The van der Waals surface area contributed by atoms with Gasteiger partial charge >= 0.3 is 11.8 Å². The van der Waals surface area contributed by atoms with E-state index < -0.39 is 11.8 Å². The summed E-state index contributed by atoms with van der Waals surface area (Å²) in [5.41, 5.74) is 6.87. The summed E-state index contributed by atoms with van der Waals surface area (Å²) < 4.78 is 11.3. The number of nitrogens with one attached hydrogen (secondary N) is 2. The SMILES string of the molecule is N=Cc1ccc(OCC=CCN2CCN(CCCOc3ccc(C(=N)N)cc3)C(=O)C2=O)cc1. The molecule has 1 heterocycles. The summed E-state index contributed by atoms with van der Waals surface area (Å²) in [6, 6.07) is 14.1. The molecule has 9 heteroatoms. The first-order valence-corrected chi connectivity index (χ1v) is 11.0. The number of amidine groups is 1. The molecule has 0 aliphatic carbocycles. The number of hydrogen-bond acceptors (Lipinski definition) is 6. The average molecular weight is 464 g/mol. The molecule has 1 fully saturated rings. The fourth-order valence-corrected chi connectivity index (χ4v) is 3.35. The minimum absolute atomic E-state index is 0.00342. The maximum Gasteiger partial charge on any atom is 0.312 e. The van der Waals surface area contributed by atoms with E-state index in [0.717, 1.165) is 5.56 Å². The van der Waals surface area contributed by atoms with Crippen LogP contribution in [0.2, 0.25) is 0 Å². The Morgan fingerprint density at radius 1 is 0.912 bits per heavy atom. The lowest BCUT2D eigenvalue weighted by Crippen LogP contribution is -2.54. The minimum atomic E-state index is -0.500. The monoisotopic (exact) mass is 463 g/mol. The van der Waals surface area contributed by atoms with E-state index in [9.17, 15) is 9.59 Å². The van der Waals surface area contributed by atoms with Crippen LogP contribution in [0.3, 0.4) is 0 Å². The van der Waals surface area contributed by atoms with Gasteiger partial charge < -0.3 is 30.4 Å². The van der Waals surface area contributed by atoms with E-state index in [1.54, 1.807) is 53.4 Å². The molecule has 0 bridgehead atoms. The van der Waals surface area contributed by atoms with Gasteiger partial charge in [0.25, 0.3) is 0 Å². The molecule has 1 aliphatic heterocycles. The fourth-order valence-electron chi connectivity index (χ4n) is 3.35. The number of carbonyl (C=O) groups is 2. The van der Waals surface area contributed by atoms with Crippen molar-refractivity contribution >= 4 is 23.9 Å². The van der Waals surface area contributed by atoms with Gasteiger partial charge in [-0.05, 0) is 66.6 Å². The molecular formula is C25H29N5O4. The van der Waals surface area contributed by atoms with Gasteiger partial charge in [0, 0.05) is 38.0 Å². The zero-order valence-electron chi connectivity index (χ0n) is 18.9. The van der Waals surface area contributed by atoms with Gasteiger partial charge in [0.1, 0.15) is 23.9 Å². The summed E-state index contributed by atoms with van der Waals surface area (Å²) in [4.78, 5) is 27.9. The van der Waals surface area contributed by atoms with Gasteiger partial charge in [-0.1, -0.05) is 6.08 Å². The molecule has 34 heavy (non-hydrogen) atoms. The summed E-state index contributed by atoms with van der Waals surface area (Å²) in [5.74, 6) is 0.375. The van der Waals surface area contributed by atoms with Crippen LogP contribution in [-0.2, 0) is 9.59 Å². The number of nitrogens with two attached hydrogens (primary N) is 1. The Labute approximate surface area is 198 Å². The van der Waals surface area contributed by atoms with Crippen molar-refractivity contribution in [1.29, 1.82) is 10.8 Å². The van der Waals surface area contributed by atoms with Crippen LogP contribution >= 0.6 is 0 Å². The third kappa shape index (κ3) is 6.93. The van der Waals surface area contributed by atoms with Crippen molar-refractivity contribution in [3.8, 4) is 11.5 Å². The maximum absolute atomic E-state index is 12.4. The number of amides is 2. The standard InChI is InChI=1S/C25H29N5O4/c26-18-19-4-8-21(9-5-19)33-16-2-1-12-29-14-15-30(25(32)24(29)31)13-3-17-34-22-10-6-20(7-11-22)23(27)28/h1-2,4-11,18,26H,3,12-17H2,(H3,27,28). The van der Waals surface area contributed by atoms with Gasteiger partial charge in [-0.15, -0.1) is 0 Å². The molecule has 0 unspecified atom stereocenters. The van der Waals surface area contributed by atoms with E-state index in [4.69, 9.17) is 26.0 Å². The molecule has 2 aromatic carbocycles. The predicted octanol–water partition coefficient (Wildman–Crippen LogP) is 2.04. The van der Waals surface area contributed by atoms with E-state index in [-0.39, 0.29) is 5.84 Å². The summed E-state index contributed by atoms with van der Waals surface area (Å²) in [6.45, 7) is 2.53. The van der Waals surface area contributed by atoms with Gasteiger partial charge in [-0.2, -0.15) is 0 Å². The number of benzene rings is 2. The zero-order valence-corrected chi connectivity index (χ0v) is 18.9. The van der Waals surface area contributed by atoms with Crippen LogP contribution in [0.5, 0.6) is 11.5 Å². The summed E-state index contributed by atoms with van der Waals surface area (Å²) in [7, 11) is 0. The van der Waals surface area contributed by atoms with Crippen molar-refractivity contribution in [3.63, 3.8) is 0 Å². The van der Waals surface area contributed by atoms with Crippen molar-refractivity contribution < 1.29 is 19.1 Å². The second-order valence-electron chi connectivity index (χ2n) is 7.68. The molecular weight excluding hydrogens is 434 g/mol. The van der Waals surface area contributed by atoms with Crippen molar-refractivity contribution in [2.75, 3.05) is 39.4 Å². The highest BCUT2D eigenvalue weighted by atomic mass is 16.5. The number of hydrogen-bond donors (Lipinski definition) is 3. The van der Waals surface area contributed by atoms with Gasteiger partial charge in [-0.25, -0.2) is 0 Å². The van der Waals surface area contributed by atoms with Crippen LogP contribution in [0.1, 0.15) is 17.5 Å². The van der Waals surface area contributed by atoms with Gasteiger partial charge in [0.15, 0.2) is 0 Å². The summed E-state index contributed by atoms with van der Waals surface area (Å²) in [6.07, 6.45) is 5.51. The van der Waals surface area contributed by atoms with Gasteiger partial charge in [0.05, 0.1) is 6.61 Å². The highest BCUT2D eigenvalue weighted by Crippen LogP contribution is 2.13. The number of nitrogen functional groups attached to an aromatic ring is 1. The molecule has 2 amide bonds. The van der Waals surface area contributed by atoms with Crippen molar-refractivity contribution in [3.05, 3.63) is 71.8 Å². The number of nitrogens with zero attached hydrogens (tertiary/aromatic N) is 2. The van der Waals surface area contributed by atoms with Crippen LogP contribution in [0.15, 0.2) is 60.7 Å². The number of ether oxygens (including phenoxy) is 2. The number of carbonyl (C=O) groups excluding carboxylic acids is 2. The second kappa shape index (κ2) is 12.2.